The smallest absolute Gasteiger partial charge is 0.304 e. The average molecular weight is 161 g/mol. The summed E-state index contributed by atoms with van der Waals surface area (Å²) in [6.45, 7) is 0. The molecule has 0 atom stereocenters. The zero-order chi connectivity index (χ0) is 8.55. The Bertz CT molecular complexity index is 433. The minimum atomic E-state index is -0.446. The molecule has 0 spiro atoms. The second kappa shape index (κ2) is 2.34. The molecule has 0 unspecified atom stereocenters. The minimum absolute atomic E-state index is 0.00519. The molecule has 1 radical (unpaired) electrons. The van der Waals surface area contributed by atoms with Gasteiger partial charge in [0.05, 0.1) is 15.8 Å². The van der Waals surface area contributed by atoms with Crippen LogP contribution in [0.15, 0.2) is 24.3 Å². The maximum Gasteiger partial charge on any atom is 0.304 e. The number of aromatic nitrogens is 1. The first-order valence-corrected chi connectivity index (χ1v) is 3.42. The van der Waals surface area contributed by atoms with Crippen molar-refractivity contribution in [3.05, 3.63) is 40.6 Å². The summed E-state index contributed by atoms with van der Waals surface area (Å²) in [5, 5.41) is 11.0. The molecule has 4 heteroatoms. The van der Waals surface area contributed by atoms with Crippen LogP contribution >= 0.6 is 0 Å². The van der Waals surface area contributed by atoms with Gasteiger partial charge in [-0.3, -0.25) is 10.1 Å². The number of rotatable bonds is 1. The quantitative estimate of drug-likeness (QED) is 0.512. The first kappa shape index (κ1) is 6.84. The first-order valence-electron chi connectivity index (χ1n) is 3.42. The molecule has 12 heavy (non-hydrogen) atoms. The van der Waals surface area contributed by atoms with Gasteiger partial charge in [-0.05, 0) is 12.1 Å². The van der Waals surface area contributed by atoms with Gasteiger partial charge in [-0.15, -0.1) is 0 Å². The standard InChI is InChI=1S/C8H5N2O2/c11-10(12)8-5-9-7-4-2-1-3-6(7)8/h1-4,9H. The summed E-state index contributed by atoms with van der Waals surface area (Å²) in [5.74, 6) is 0. The summed E-state index contributed by atoms with van der Waals surface area (Å²) < 4.78 is 0. The van der Waals surface area contributed by atoms with Gasteiger partial charge in [-0.2, -0.15) is 0 Å². The number of fused-ring (bicyclic) bond motifs is 1. The summed E-state index contributed by atoms with van der Waals surface area (Å²) in [7, 11) is 0. The molecule has 1 aromatic carbocycles. The van der Waals surface area contributed by atoms with Gasteiger partial charge in [-0.25, -0.2) is 0 Å². The van der Waals surface area contributed by atoms with Gasteiger partial charge in [0.2, 0.25) is 0 Å². The minimum Gasteiger partial charge on any atom is -0.347 e. The Balaban J connectivity index is 2.79. The number of hydrogen-bond donors (Lipinski definition) is 1. The third-order valence-electron chi connectivity index (χ3n) is 1.68. The maximum absolute atomic E-state index is 10.4. The molecule has 0 aliphatic carbocycles. The van der Waals surface area contributed by atoms with E-state index in [1.54, 1.807) is 18.2 Å². The number of H-pyrrole nitrogens is 1. The third-order valence-corrected chi connectivity index (χ3v) is 1.68. The molecule has 4 nitrogen and oxygen atoms in total. The average Bonchev–Trinajstić information content (AvgIpc) is 2.47. The van der Waals surface area contributed by atoms with Crippen LogP contribution in [0.1, 0.15) is 0 Å². The van der Waals surface area contributed by atoms with Gasteiger partial charge < -0.3 is 4.98 Å². The largest absolute Gasteiger partial charge is 0.347 e. The molecule has 0 bridgehead atoms. The maximum atomic E-state index is 10.4. The van der Waals surface area contributed by atoms with E-state index in [2.05, 4.69) is 11.2 Å². The highest BCUT2D eigenvalue weighted by Crippen LogP contribution is 2.23. The normalized spacial score (nSPS) is 10.3. The Morgan fingerprint density at radius 3 is 2.92 bits per heavy atom. The molecule has 0 fully saturated rings. The van der Waals surface area contributed by atoms with Crippen molar-refractivity contribution in [2.75, 3.05) is 0 Å². The second-order valence-electron chi connectivity index (χ2n) is 2.40. The van der Waals surface area contributed by atoms with Crippen LogP contribution in [0.2, 0.25) is 0 Å². The highest BCUT2D eigenvalue weighted by Gasteiger charge is 2.12. The van der Waals surface area contributed by atoms with E-state index in [0.717, 1.165) is 5.52 Å². The zero-order valence-electron chi connectivity index (χ0n) is 6.07. The van der Waals surface area contributed by atoms with Crippen LogP contribution in [0.3, 0.4) is 0 Å². The van der Waals surface area contributed by atoms with Crippen molar-refractivity contribution >= 4 is 16.6 Å². The lowest BCUT2D eigenvalue weighted by Gasteiger charge is -1.86. The van der Waals surface area contributed by atoms with E-state index in [1.165, 1.54) is 0 Å². The Kier molecular flexibility index (Phi) is 1.33. The summed E-state index contributed by atoms with van der Waals surface area (Å²) >= 11 is 0. The lowest BCUT2D eigenvalue weighted by atomic mass is 10.2. The fourth-order valence-electron chi connectivity index (χ4n) is 1.14. The van der Waals surface area contributed by atoms with Crippen LogP contribution in [0, 0.1) is 16.3 Å². The monoisotopic (exact) mass is 161 g/mol. The summed E-state index contributed by atoms with van der Waals surface area (Å²) in [6, 6.07) is 7.05. The van der Waals surface area contributed by atoms with E-state index in [4.69, 9.17) is 0 Å². The van der Waals surface area contributed by atoms with E-state index < -0.39 is 4.92 Å². The van der Waals surface area contributed by atoms with Crippen molar-refractivity contribution in [1.29, 1.82) is 0 Å². The number of benzene rings is 1. The van der Waals surface area contributed by atoms with Crippen molar-refractivity contribution in [2.45, 2.75) is 0 Å². The Labute approximate surface area is 68.0 Å². The van der Waals surface area contributed by atoms with Crippen molar-refractivity contribution < 1.29 is 4.92 Å². The zero-order valence-corrected chi connectivity index (χ0v) is 6.07. The molecular weight excluding hydrogens is 156 g/mol. The van der Waals surface area contributed by atoms with Crippen molar-refractivity contribution in [1.82, 2.24) is 4.98 Å². The van der Waals surface area contributed by atoms with Crippen LogP contribution < -0.4 is 0 Å². The molecule has 1 heterocycles. The Morgan fingerprint density at radius 1 is 1.42 bits per heavy atom. The fraction of sp³-hybridized carbons (Fsp3) is 0. The van der Waals surface area contributed by atoms with Crippen LogP contribution in [0.4, 0.5) is 5.69 Å². The molecule has 0 aliphatic rings. The van der Waals surface area contributed by atoms with E-state index >= 15 is 0 Å². The molecule has 0 aliphatic heterocycles. The molecule has 59 valence electrons. The van der Waals surface area contributed by atoms with Crippen LogP contribution in [0.25, 0.3) is 10.9 Å². The predicted molar refractivity (Wildman–Crippen MR) is 43.8 cm³/mol. The van der Waals surface area contributed by atoms with Crippen molar-refractivity contribution in [3.63, 3.8) is 0 Å². The highest BCUT2D eigenvalue weighted by molar-refractivity contribution is 5.88. The molecule has 2 aromatic rings. The molecule has 1 N–H and O–H groups in total. The number of nitrogens with zero attached hydrogens (tertiary/aromatic N) is 1. The fourth-order valence-corrected chi connectivity index (χ4v) is 1.14. The van der Waals surface area contributed by atoms with Gasteiger partial charge in [0.1, 0.15) is 6.20 Å². The van der Waals surface area contributed by atoms with E-state index in [9.17, 15) is 10.1 Å². The van der Waals surface area contributed by atoms with Crippen LogP contribution in [-0.4, -0.2) is 9.91 Å². The lowest BCUT2D eigenvalue weighted by Crippen LogP contribution is -1.84. The predicted octanol–water partition coefficient (Wildman–Crippen LogP) is 1.88. The first-order chi connectivity index (χ1) is 5.79. The van der Waals surface area contributed by atoms with Crippen LogP contribution in [0.5, 0.6) is 0 Å². The molecule has 1 aromatic heterocycles. The van der Waals surface area contributed by atoms with Gasteiger partial charge in [-0.1, -0.05) is 12.1 Å². The topological polar surface area (TPSA) is 58.9 Å². The van der Waals surface area contributed by atoms with E-state index in [0.29, 0.717) is 5.39 Å². The summed E-state index contributed by atoms with van der Waals surface area (Å²) in [5.41, 5.74) is 0.745. The van der Waals surface area contributed by atoms with Crippen molar-refractivity contribution in [2.24, 2.45) is 0 Å². The Morgan fingerprint density at radius 2 is 2.17 bits per heavy atom. The molecule has 0 saturated carbocycles. The Hall–Kier alpha value is -1.84. The third kappa shape index (κ3) is 0.852. The van der Waals surface area contributed by atoms with Gasteiger partial charge in [0.15, 0.2) is 0 Å². The highest BCUT2D eigenvalue weighted by atomic mass is 16.6. The number of hydrogen-bond acceptors (Lipinski definition) is 2. The van der Waals surface area contributed by atoms with E-state index in [-0.39, 0.29) is 5.69 Å². The SMILES string of the molecule is O=[N+]([O-])c1[c][nH]c2ccccc12. The number of nitro groups is 1. The number of para-hydroxylation sites is 1. The van der Waals surface area contributed by atoms with Crippen LogP contribution in [-0.2, 0) is 0 Å². The van der Waals surface area contributed by atoms with Gasteiger partial charge in [0, 0.05) is 0 Å². The molecule has 0 saturated heterocycles. The summed E-state index contributed by atoms with van der Waals surface area (Å²) in [4.78, 5) is 12.7. The molecule has 0 amide bonds. The lowest BCUT2D eigenvalue weighted by molar-refractivity contribution is -0.383. The molecule has 2 rings (SSSR count). The second-order valence-corrected chi connectivity index (χ2v) is 2.40. The number of nitrogens with one attached hydrogen (secondary N) is 1. The van der Waals surface area contributed by atoms with Crippen molar-refractivity contribution in [3.8, 4) is 0 Å². The number of aromatic amines is 1. The summed E-state index contributed by atoms with van der Waals surface area (Å²) in [6.07, 6.45) is 2.49. The van der Waals surface area contributed by atoms with Gasteiger partial charge in [0.25, 0.3) is 0 Å². The molecular formula is C8H5N2O2. The van der Waals surface area contributed by atoms with E-state index in [1.807, 2.05) is 6.07 Å². The van der Waals surface area contributed by atoms with Gasteiger partial charge >= 0.3 is 5.69 Å².